The fourth-order valence-corrected chi connectivity index (χ4v) is 6.10. The number of ketones is 1. The summed E-state index contributed by atoms with van der Waals surface area (Å²) in [5.74, 6) is -0.0125. The number of rotatable bonds is 4. The smallest absolute Gasteiger partial charge is 0.245 e. The molecule has 1 aromatic rings. The van der Waals surface area contributed by atoms with Gasteiger partial charge in [0.25, 0.3) is 0 Å². The van der Waals surface area contributed by atoms with E-state index >= 15 is 0 Å². The van der Waals surface area contributed by atoms with Gasteiger partial charge in [-0.05, 0) is 25.8 Å². The highest BCUT2D eigenvalue weighted by Crippen LogP contribution is 2.38. The Kier molecular flexibility index (Phi) is 4.57. The molecular weight excluding hydrogens is 329 g/mol. The molecule has 1 aliphatic heterocycles. The maximum absolute atomic E-state index is 12.5. The van der Waals surface area contributed by atoms with Crippen LogP contribution in [0.3, 0.4) is 0 Å². The maximum Gasteiger partial charge on any atom is 0.245 e. The normalized spacial score (nSPS) is 20.9. The second kappa shape index (κ2) is 5.69. The molecule has 1 aromatic heterocycles. The van der Waals surface area contributed by atoms with Gasteiger partial charge in [-0.3, -0.25) is 4.79 Å². The van der Waals surface area contributed by atoms with Crippen molar-refractivity contribution in [2.45, 2.75) is 37.1 Å². The van der Waals surface area contributed by atoms with Gasteiger partial charge in [-0.15, -0.1) is 11.3 Å². The summed E-state index contributed by atoms with van der Waals surface area (Å²) in [5, 5.41) is 0. The zero-order valence-corrected chi connectivity index (χ0v) is 13.4. The summed E-state index contributed by atoms with van der Waals surface area (Å²) in [6.07, 6.45) is 1.70. The van der Waals surface area contributed by atoms with Crippen LogP contribution < -0.4 is 0 Å². The van der Waals surface area contributed by atoms with Crippen molar-refractivity contribution in [2.24, 2.45) is 0 Å². The van der Waals surface area contributed by atoms with Crippen LogP contribution in [0.25, 0.3) is 0 Å². The van der Waals surface area contributed by atoms with Crippen LogP contribution in [-0.2, 0) is 14.8 Å². The molecule has 19 heavy (non-hydrogen) atoms. The van der Waals surface area contributed by atoms with Crippen molar-refractivity contribution in [1.29, 1.82) is 0 Å². The Morgan fingerprint density at radius 1 is 1.53 bits per heavy atom. The van der Waals surface area contributed by atoms with Gasteiger partial charge in [-0.1, -0.05) is 23.2 Å². The number of thiophene rings is 1. The molecule has 0 bridgehead atoms. The highest BCUT2D eigenvalue weighted by atomic mass is 35.5. The van der Waals surface area contributed by atoms with Crippen LogP contribution in [0, 0.1) is 0 Å². The van der Waals surface area contributed by atoms with E-state index in [2.05, 4.69) is 0 Å². The first-order chi connectivity index (χ1) is 8.82. The minimum Gasteiger partial charge on any atom is -0.300 e. The summed E-state index contributed by atoms with van der Waals surface area (Å²) in [6.45, 7) is 1.89. The standard InChI is InChI=1S/C11H13Cl2NO3S2/c1-7(15)5-8-3-2-4-14(8)19(16,17)9-6-10(12)18-11(9)13/h6,8H,2-5H2,1H3. The second-order valence-electron chi connectivity index (χ2n) is 4.51. The van der Waals surface area contributed by atoms with Crippen molar-refractivity contribution in [3.8, 4) is 0 Å². The van der Waals surface area contributed by atoms with Crippen LogP contribution in [0.2, 0.25) is 8.67 Å². The molecule has 2 rings (SSSR count). The Balaban J connectivity index is 2.33. The monoisotopic (exact) mass is 341 g/mol. The van der Waals surface area contributed by atoms with Gasteiger partial charge in [0.2, 0.25) is 10.0 Å². The number of hydrogen-bond donors (Lipinski definition) is 0. The number of hydrogen-bond acceptors (Lipinski definition) is 4. The van der Waals surface area contributed by atoms with Crippen molar-refractivity contribution in [2.75, 3.05) is 6.54 Å². The van der Waals surface area contributed by atoms with Gasteiger partial charge in [0.15, 0.2) is 0 Å². The van der Waals surface area contributed by atoms with Crippen molar-refractivity contribution in [3.05, 3.63) is 14.7 Å². The summed E-state index contributed by atoms with van der Waals surface area (Å²) >= 11 is 12.7. The lowest BCUT2D eigenvalue weighted by Gasteiger charge is -2.22. The molecule has 1 aliphatic rings. The van der Waals surface area contributed by atoms with E-state index in [1.54, 1.807) is 0 Å². The summed E-state index contributed by atoms with van der Waals surface area (Å²) in [4.78, 5) is 11.3. The summed E-state index contributed by atoms with van der Waals surface area (Å²) in [7, 11) is -3.67. The van der Waals surface area contributed by atoms with Gasteiger partial charge >= 0.3 is 0 Å². The van der Waals surface area contributed by atoms with E-state index in [0.29, 0.717) is 17.3 Å². The third-order valence-electron chi connectivity index (χ3n) is 3.06. The van der Waals surface area contributed by atoms with Gasteiger partial charge in [0, 0.05) is 19.0 Å². The van der Waals surface area contributed by atoms with Crippen LogP contribution in [-0.4, -0.2) is 31.1 Å². The first kappa shape index (κ1) is 15.3. The zero-order chi connectivity index (χ0) is 14.2. The fraction of sp³-hybridized carbons (Fsp3) is 0.545. The van der Waals surface area contributed by atoms with Gasteiger partial charge in [-0.25, -0.2) is 8.42 Å². The van der Waals surface area contributed by atoms with E-state index < -0.39 is 10.0 Å². The molecule has 1 saturated heterocycles. The SMILES string of the molecule is CC(=O)CC1CCCN1S(=O)(=O)c1cc(Cl)sc1Cl. The predicted molar refractivity (Wildman–Crippen MR) is 76.6 cm³/mol. The zero-order valence-electron chi connectivity index (χ0n) is 10.2. The van der Waals surface area contributed by atoms with Gasteiger partial charge in [0.1, 0.15) is 15.0 Å². The Morgan fingerprint density at radius 2 is 2.21 bits per heavy atom. The number of carbonyl (C=O) groups excluding carboxylic acids is 1. The van der Waals surface area contributed by atoms with Crippen LogP contribution in [0.5, 0.6) is 0 Å². The van der Waals surface area contributed by atoms with Crippen molar-refractivity contribution >= 4 is 50.3 Å². The molecule has 0 aliphatic carbocycles. The quantitative estimate of drug-likeness (QED) is 0.844. The van der Waals surface area contributed by atoms with Crippen LogP contribution >= 0.6 is 34.5 Å². The summed E-state index contributed by atoms with van der Waals surface area (Å²) < 4.78 is 27.0. The fourth-order valence-electron chi connectivity index (χ4n) is 2.29. The largest absolute Gasteiger partial charge is 0.300 e. The molecule has 1 atom stereocenters. The Morgan fingerprint density at radius 3 is 2.74 bits per heavy atom. The highest BCUT2D eigenvalue weighted by Gasteiger charge is 2.37. The minimum atomic E-state index is -3.67. The first-order valence-electron chi connectivity index (χ1n) is 5.78. The first-order valence-corrected chi connectivity index (χ1v) is 8.79. The molecule has 1 fully saturated rings. The summed E-state index contributed by atoms with van der Waals surface area (Å²) in [5.41, 5.74) is 0. The lowest BCUT2D eigenvalue weighted by atomic mass is 10.1. The molecule has 0 spiro atoms. The number of carbonyl (C=O) groups is 1. The van der Waals surface area contributed by atoms with Gasteiger partial charge in [-0.2, -0.15) is 4.31 Å². The number of nitrogens with zero attached hydrogens (tertiary/aromatic N) is 1. The van der Waals surface area contributed by atoms with Gasteiger partial charge < -0.3 is 0 Å². The molecule has 4 nitrogen and oxygen atoms in total. The Bertz CT molecular complexity index is 597. The topological polar surface area (TPSA) is 54.5 Å². The lowest BCUT2D eigenvalue weighted by Crippen LogP contribution is -2.36. The number of Topliss-reactive ketones (excluding diaryl/α,β-unsaturated/α-hetero) is 1. The molecule has 1 unspecified atom stereocenters. The molecule has 0 aromatic carbocycles. The van der Waals surface area contributed by atoms with Crippen molar-refractivity contribution in [1.82, 2.24) is 4.31 Å². The van der Waals surface area contributed by atoms with Crippen LogP contribution in [0.1, 0.15) is 26.2 Å². The third-order valence-corrected chi connectivity index (χ3v) is 6.76. The maximum atomic E-state index is 12.5. The van der Waals surface area contributed by atoms with E-state index in [1.807, 2.05) is 0 Å². The molecule has 0 radical (unpaired) electrons. The van der Waals surface area contributed by atoms with E-state index in [9.17, 15) is 13.2 Å². The number of halogens is 2. The molecule has 0 amide bonds. The average Bonchev–Trinajstić information content (AvgIpc) is 2.84. The van der Waals surface area contributed by atoms with E-state index in [4.69, 9.17) is 23.2 Å². The van der Waals surface area contributed by atoms with Crippen molar-refractivity contribution in [3.63, 3.8) is 0 Å². The van der Waals surface area contributed by atoms with E-state index in [0.717, 1.165) is 17.8 Å². The van der Waals surface area contributed by atoms with E-state index in [1.165, 1.54) is 17.3 Å². The average molecular weight is 342 g/mol. The Labute approximate surface area is 126 Å². The molecule has 106 valence electrons. The van der Waals surface area contributed by atoms with Crippen molar-refractivity contribution < 1.29 is 13.2 Å². The Hall–Kier alpha value is -0.140. The van der Waals surface area contributed by atoms with Crippen LogP contribution in [0.4, 0.5) is 0 Å². The number of sulfonamides is 1. The summed E-state index contributed by atoms with van der Waals surface area (Å²) in [6, 6.07) is 1.10. The molecule has 2 heterocycles. The molecule has 0 saturated carbocycles. The lowest BCUT2D eigenvalue weighted by molar-refractivity contribution is -0.117. The second-order valence-corrected chi connectivity index (χ2v) is 8.65. The molecule has 8 heteroatoms. The predicted octanol–water partition coefficient (Wildman–Crippen LogP) is 3.19. The van der Waals surface area contributed by atoms with E-state index in [-0.39, 0.29) is 27.5 Å². The third kappa shape index (κ3) is 3.13. The minimum absolute atomic E-state index is 0.0125. The van der Waals surface area contributed by atoms with Crippen LogP contribution in [0.15, 0.2) is 11.0 Å². The molecular formula is C11H13Cl2NO3S2. The van der Waals surface area contributed by atoms with Gasteiger partial charge in [0.05, 0.1) is 4.34 Å². The highest BCUT2D eigenvalue weighted by molar-refractivity contribution is 7.89. The molecule has 0 N–H and O–H groups in total.